The van der Waals surface area contributed by atoms with Crippen LogP contribution in [0.1, 0.15) is 51.0 Å². The fraction of sp³-hybridized carbons (Fsp3) is 0.556. The molecule has 0 atom stereocenters. The van der Waals surface area contributed by atoms with E-state index in [2.05, 4.69) is 30.4 Å². The van der Waals surface area contributed by atoms with Crippen molar-refractivity contribution in [3.05, 3.63) is 35.9 Å². The van der Waals surface area contributed by atoms with Crippen LogP contribution in [0.25, 0.3) is 0 Å². The molecule has 112 valence electrons. The van der Waals surface area contributed by atoms with Crippen LogP contribution in [0.4, 0.5) is 0 Å². The molecule has 1 aliphatic carbocycles. The first-order valence-corrected chi connectivity index (χ1v) is 7.90. The van der Waals surface area contributed by atoms with Gasteiger partial charge in [0, 0.05) is 6.42 Å². The fourth-order valence-electron chi connectivity index (χ4n) is 2.95. The normalized spacial score (nSPS) is 25.0. The summed E-state index contributed by atoms with van der Waals surface area (Å²) in [5, 5.41) is 12.4. The van der Waals surface area contributed by atoms with E-state index in [-0.39, 0.29) is 5.91 Å². The molecule has 0 spiro atoms. The lowest BCUT2D eigenvalue weighted by Gasteiger charge is -2.34. The number of rotatable bonds is 5. The molecule has 21 heavy (non-hydrogen) atoms. The maximum absolute atomic E-state index is 12.1. The van der Waals surface area contributed by atoms with E-state index in [0.717, 1.165) is 38.5 Å². The standard InChI is InChI=1S/C18H24N2O/c1-15-10-12-18(14-19,13-11-15)20-17(21)9-5-8-16-6-3-2-4-7-16/h2-4,6-7,15H,5,8-13H2,1H3,(H,20,21). The first-order chi connectivity index (χ1) is 10.1. The van der Waals surface area contributed by atoms with Gasteiger partial charge in [0.15, 0.2) is 0 Å². The van der Waals surface area contributed by atoms with E-state index < -0.39 is 5.54 Å². The van der Waals surface area contributed by atoms with Crippen LogP contribution in [-0.4, -0.2) is 11.4 Å². The van der Waals surface area contributed by atoms with Gasteiger partial charge in [0.05, 0.1) is 6.07 Å². The molecule has 0 aliphatic heterocycles. The van der Waals surface area contributed by atoms with Crippen molar-refractivity contribution in [2.45, 2.75) is 57.4 Å². The zero-order valence-electron chi connectivity index (χ0n) is 12.8. The predicted octanol–water partition coefficient (Wildman–Crippen LogP) is 3.60. The molecule has 0 heterocycles. The maximum atomic E-state index is 12.1. The molecule has 1 fully saturated rings. The highest BCUT2D eigenvalue weighted by molar-refractivity contribution is 5.77. The van der Waals surface area contributed by atoms with E-state index in [9.17, 15) is 10.1 Å². The lowest BCUT2D eigenvalue weighted by atomic mass is 9.78. The SMILES string of the molecule is CC1CCC(C#N)(NC(=O)CCCc2ccccc2)CC1. The minimum Gasteiger partial charge on any atom is -0.338 e. The van der Waals surface area contributed by atoms with Gasteiger partial charge in [-0.2, -0.15) is 5.26 Å². The van der Waals surface area contributed by atoms with Crippen LogP contribution in [0.5, 0.6) is 0 Å². The van der Waals surface area contributed by atoms with Crippen molar-refractivity contribution in [2.75, 3.05) is 0 Å². The number of nitriles is 1. The maximum Gasteiger partial charge on any atom is 0.221 e. The molecule has 2 rings (SSSR count). The Hall–Kier alpha value is -1.82. The molecule has 3 heteroatoms. The van der Waals surface area contributed by atoms with Gasteiger partial charge in [-0.25, -0.2) is 0 Å². The van der Waals surface area contributed by atoms with Gasteiger partial charge in [0.1, 0.15) is 5.54 Å². The van der Waals surface area contributed by atoms with E-state index in [1.54, 1.807) is 0 Å². The first-order valence-electron chi connectivity index (χ1n) is 7.90. The Morgan fingerprint density at radius 3 is 2.62 bits per heavy atom. The van der Waals surface area contributed by atoms with E-state index in [0.29, 0.717) is 12.3 Å². The van der Waals surface area contributed by atoms with Gasteiger partial charge in [-0.15, -0.1) is 0 Å². The molecular formula is C18H24N2O. The Kier molecular flexibility index (Phi) is 5.38. The van der Waals surface area contributed by atoms with Gasteiger partial charge in [-0.3, -0.25) is 4.79 Å². The molecule has 1 aromatic rings. The molecule has 0 saturated heterocycles. The molecular weight excluding hydrogens is 260 g/mol. The lowest BCUT2D eigenvalue weighted by Crippen LogP contribution is -2.49. The number of benzene rings is 1. The van der Waals surface area contributed by atoms with Crippen LogP contribution in [0.2, 0.25) is 0 Å². The number of hydrogen-bond acceptors (Lipinski definition) is 2. The van der Waals surface area contributed by atoms with Crippen molar-refractivity contribution in [1.82, 2.24) is 5.32 Å². The van der Waals surface area contributed by atoms with Crippen molar-refractivity contribution < 1.29 is 4.79 Å². The molecule has 1 saturated carbocycles. The van der Waals surface area contributed by atoms with Gasteiger partial charge in [-0.05, 0) is 50.0 Å². The number of carbonyl (C=O) groups excluding carboxylic acids is 1. The lowest BCUT2D eigenvalue weighted by molar-refractivity contribution is -0.122. The Morgan fingerprint density at radius 2 is 2.00 bits per heavy atom. The van der Waals surface area contributed by atoms with Crippen LogP contribution in [0.3, 0.4) is 0 Å². The second-order valence-corrected chi connectivity index (χ2v) is 6.26. The minimum atomic E-state index is -0.615. The zero-order valence-corrected chi connectivity index (χ0v) is 12.8. The average Bonchev–Trinajstić information content (AvgIpc) is 2.51. The van der Waals surface area contributed by atoms with E-state index >= 15 is 0 Å². The van der Waals surface area contributed by atoms with Gasteiger partial charge in [-0.1, -0.05) is 37.3 Å². The Labute approximate surface area is 127 Å². The van der Waals surface area contributed by atoms with Gasteiger partial charge in [0.25, 0.3) is 0 Å². The number of aryl methyl sites for hydroxylation is 1. The highest BCUT2D eigenvalue weighted by atomic mass is 16.1. The van der Waals surface area contributed by atoms with Crippen molar-refractivity contribution >= 4 is 5.91 Å². The summed E-state index contributed by atoms with van der Waals surface area (Å²) < 4.78 is 0. The van der Waals surface area contributed by atoms with Gasteiger partial charge < -0.3 is 5.32 Å². The fourth-order valence-corrected chi connectivity index (χ4v) is 2.95. The van der Waals surface area contributed by atoms with Gasteiger partial charge >= 0.3 is 0 Å². The molecule has 3 nitrogen and oxygen atoms in total. The Balaban J connectivity index is 1.77. The number of carbonyl (C=O) groups is 1. The topological polar surface area (TPSA) is 52.9 Å². The third kappa shape index (κ3) is 4.60. The minimum absolute atomic E-state index is 0.0158. The molecule has 0 aromatic heterocycles. The number of amides is 1. The summed E-state index contributed by atoms with van der Waals surface area (Å²) in [6.45, 7) is 2.21. The third-order valence-corrected chi connectivity index (χ3v) is 4.43. The molecule has 0 radical (unpaired) electrons. The first kappa shape index (κ1) is 15.6. The Bertz CT molecular complexity index is 496. The summed E-state index contributed by atoms with van der Waals surface area (Å²) in [7, 11) is 0. The third-order valence-electron chi connectivity index (χ3n) is 4.43. The average molecular weight is 284 g/mol. The molecule has 1 aromatic carbocycles. The summed E-state index contributed by atoms with van der Waals surface area (Å²) in [6, 6.07) is 12.5. The molecule has 1 amide bonds. The van der Waals surface area contributed by atoms with Crippen LogP contribution < -0.4 is 5.32 Å². The molecule has 0 bridgehead atoms. The molecule has 1 N–H and O–H groups in total. The van der Waals surface area contributed by atoms with E-state index in [1.807, 2.05) is 18.2 Å². The number of hydrogen-bond donors (Lipinski definition) is 1. The second kappa shape index (κ2) is 7.26. The quantitative estimate of drug-likeness (QED) is 0.898. The van der Waals surface area contributed by atoms with Crippen molar-refractivity contribution in [2.24, 2.45) is 5.92 Å². The highest BCUT2D eigenvalue weighted by Crippen LogP contribution is 2.31. The number of nitrogens with one attached hydrogen (secondary N) is 1. The van der Waals surface area contributed by atoms with Crippen molar-refractivity contribution in [3.8, 4) is 6.07 Å². The highest BCUT2D eigenvalue weighted by Gasteiger charge is 2.35. The van der Waals surface area contributed by atoms with Crippen LogP contribution in [-0.2, 0) is 11.2 Å². The Morgan fingerprint density at radius 1 is 1.33 bits per heavy atom. The van der Waals surface area contributed by atoms with E-state index in [1.165, 1.54) is 5.56 Å². The zero-order chi connectivity index (χ0) is 15.1. The molecule has 1 aliphatic rings. The monoisotopic (exact) mass is 284 g/mol. The summed E-state index contributed by atoms with van der Waals surface area (Å²) in [4.78, 5) is 12.1. The van der Waals surface area contributed by atoms with Crippen LogP contribution in [0.15, 0.2) is 30.3 Å². The van der Waals surface area contributed by atoms with Crippen molar-refractivity contribution in [3.63, 3.8) is 0 Å². The predicted molar refractivity (Wildman–Crippen MR) is 83.5 cm³/mol. The summed E-state index contributed by atoms with van der Waals surface area (Å²) in [5.41, 5.74) is 0.642. The summed E-state index contributed by atoms with van der Waals surface area (Å²) in [6.07, 6.45) is 5.85. The smallest absolute Gasteiger partial charge is 0.221 e. The van der Waals surface area contributed by atoms with Crippen LogP contribution in [0, 0.1) is 17.2 Å². The number of nitrogens with zero attached hydrogens (tertiary/aromatic N) is 1. The van der Waals surface area contributed by atoms with E-state index in [4.69, 9.17) is 0 Å². The summed E-state index contributed by atoms with van der Waals surface area (Å²) >= 11 is 0. The largest absolute Gasteiger partial charge is 0.338 e. The van der Waals surface area contributed by atoms with Gasteiger partial charge in [0.2, 0.25) is 5.91 Å². The van der Waals surface area contributed by atoms with Crippen LogP contribution >= 0.6 is 0 Å². The summed E-state index contributed by atoms with van der Waals surface area (Å²) in [5.74, 6) is 0.684. The second-order valence-electron chi connectivity index (χ2n) is 6.26. The van der Waals surface area contributed by atoms with Crippen molar-refractivity contribution in [1.29, 1.82) is 5.26 Å². The molecule has 0 unspecified atom stereocenters.